The molecule has 4 rings (SSSR count). The van der Waals surface area contributed by atoms with Gasteiger partial charge in [-0.25, -0.2) is 4.79 Å². The second-order valence-electron chi connectivity index (χ2n) is 10.3. The van der Waals surface area contributed by atoms with Gasteiger partial charge in [0.05, 0.1) is 32.0 Å². The highest BCUT2D eigenvalue weighted by Crippen LogP contribution is 2.42. The molecule has 2 aromatic rings. The molecular formula is C30H41N3O7. The van der Waals surface area contributed by atoms with Crippen molar-refractivity contribution in [2.24, 2.45) is 5.92 Å². The molecule has 0 radical (unpaired) electrons. The van der Waals surface area contributed by atoms with Crippen LogP contribution in [0.5, 0.6) is 0 Å². The molecule has 0 aliphatic carbocycles. The number of urea groups is 1. The Morgan fingerprint density at radius 2 is 1.93 bits per heavy atom. The van der Waals surface area contributed by atoms with Crippen molar-refractivity contribution in [1.29, 1.82) is 0 Å². The zero-order chi connectivity index (χ0) is 28.5. The van der Waals surface area contributed by atoms with Crippen molar-refractivity contribution >= 4 is 17.7 Å². The van der Waals surface area contributed by atoms with Gasteiger partial charge >= 0.3 is 12.0 Å². The molecule has 3 N–H and O–H groups in total. The van der Waals surface area contributed by atoms with Gasteiger partial charge in [-0.1, -0.05) is 43.3 Å². The molecule has 2 aromatic carbocycles. The fourth-order valence-electron chi connectivity index (χ4n) is 5.38. The monoisotopic (exact) mass is 555 g/mol. The minimum Gasteiger partial charge on any atom is -0.465 e. The van der Waals surface area contributed by atoms with E-state index < -0.39 is 18.3 Å². The Hall–Kier alpha value is -3.02. The van der Waals surface area contributed by atoms with Gasteiger partial charge in [0.1, 0.15) is 6.54 Å². The van der Waals surface area contributed by atoms with Crippen molar-refractivity contribution < 1.29 is 33.6 Å². The summed E-state index contributed by atoms with van der Waals surface area (Å²) in [6.07, 6.45) is 1.24. The zero-order valence-corrected chi connectivity index (χ0v) is 23.5. The third-order valence-corrected chi connectivity index (χ3v) is 7.51. The fraction of sp³-hybridized carbons (Fsp3) is 0.533. The molecule has 2 amide bonds. The summed E-state index contributed by atoms with van der Waals surface area (Å²) in [6.45, 7) is 6.34. The first-order valence-electron chi connectivity index (χ1n) is 14.0. The largest absolute Gasteiger partial charge is 0.465 e. The standard InChI is InChI=1S/C30H41N3O7/c1-4-38-27(35)16-31-30(36)32-24-8-5-7-23(15-24)29-39-26(17-33-14-6-9-25(33)19-37-3)20(2)28(40-29)22-12-10-21(18-34)11-13-22/h5,7-8,10-13,15,20,25-26,28-29,34H,4,6,9,14,16-19H2,1-3H3,(H2,31,32,36). The number of methoxy groups -OCH3 is 1. The van der Waals surface area contributed by atoms with Crippen LogP contribution in [-0.4, -0.2) is 74.1 Å². The number of anilines is 1. The molecule has 5 atom stereocenters. The predicted molar refractivity (Wildman–Crippen MR) is 150 cm³/mol. The molecule has 2 aliphatic heterocycles. The van der Waals surface area contributed by atoms with Crippen LogP contribution in [0, 0.1) is 5.92 Å². The maximum atomic E-state index is 12.3. The number of likely N-dealkylation sites (tertiary alicyclic amines) is 1. The molecule has 0 saturated carbocycles. The van der Waals surface area contributed by atoms with Crippen molar-refractivity contribution in [2.75, 3.05) is 45.3 Å². The Morgan fingerprint density at radius 1 is 1.12 bits per heavy atom. The Kier molecular flexibility index (Phi) is 10.9. The Bertz CT molecular complexity index is 1110. The molecule has 10 nitrogen and oxygen atoms in total. The van der Waals surface area contributed by atoms with E-state index in [-0.39, 0.29) is 37.9 Å². The fourth-order valence-corrected chi connectivity index (χ4v) is 5.38. The average molecular weight is 556 g/mol. The van der Waals surface area contributed by atoms with Crippen LogP contribution in [0.15, 0.2) is 48.5 Å². The molecule has 5 unspecified atom stereocenters. The topological polar surface area (TPSA) is 119 Å². The number of hydrogen-bond donors (Lipinski definition) is 3. The van der Waals surface area contributed by atoms with E-state index in [1.54, 1.807) is 20.1 Å². The van der Waals surface area contributed by atoms with E-state index in [1.165, 1.54) is 0 Å². The van der Waals surface area contributed by atoms with Gasteiger partial charge < -0.3 is 34.7 Å². The van der Waals surface area contributed by atoms with Crippen LogP contribution in [-0.2, 0) is 30.3 Å². The number of carbonyl (C=O) groups excluding carboxylic acids is 2. The number of aliphatic hydroxyl groups is 1. The maximum absolute atomic E-state index is 12.3. The molecule has 2 saturated heterocycles. The highest BCUT2D eigenvalue weighted by molar-refractivity contribution is 5.91. The van der Waals surface area contributed by atoms with Crippen molar-refractivity contribution in [1.82, 2.24) is 10.2 Å². The zero-order valence-electron chi connectivity index (χ0n) is 23.5. The smallest absolute Gasteiger partial charge is 0.325 e. The summed E-state index contributed by atoms with van der Waals surface area (Å²) in [5.41, 5.74) is 3.18. The lowest BCUT2D eigenvalue weighted by Gasteiger charge is -2.43. The van der Waals surface area contributed by atoms with Crippen molar-refractivity contribution in [3.63, 3.8) is 0 Å². The average Bonchev–Trinajstić information content (AvgIpc) is 3.40. The van der Waals surface area contributed by atoms with Gasteiger partial charge in [0.2, 0.25) is 0 Å². The second-order valence-corrected chi connectivity index (χ2v) is 10.3. The molecule has 2 fully saturated rings. The number of nitrogens with zero attached hydrogens (tertiary/aromatic N) is 1. The molecule has 40 heavy (non-hydrogen) atoms. The number of hydrogen-bond acceptors (Lipinski definition) is 8. The van der Waals surface area contributed by atoms with Gasteiger partial charge in [-0.05, 0) is 49.6 Å². The molecule has 2 aliphatic rings. The number of aliphatic hydroxyl groups excluding tert-OH is 1. The van der Waals surface area contributed by atoms with Gasteiger partial charge in [-0.15, -0.1) is 0 Å². The van der Waals surface area contributed by atoms with Gasteiger partial charge in [-0.3, -0.25) is 9.69 Å². The first kappa shape index (κ1) is 30.0. The van der Waals surface area contributed by atoms with E-state index >= 15 is 0 Å². The van der Waals surface area contributed by atoms with Crippen molar-refractivity contribution in [3.05, 3.63) is 65.2 Å². The minimum absolute atomic E-state index is 0.0152. The third kappa shape index (κ3) is 7.80. The van der Waals surface area contributed by atoms with Gasteiger partial charge in [-0.2, -0.15) is 0 Å². The summed E-state index contributed by atoms with van der Waals surface area (Å²) >= 11 is 0. The molecule has 2 heterocycles. The summed E-state index contributed by atoms with van der Waals surface area (Å²) in [5.74, 6) is -0.436. The van der Waals surface area contributed by atoms with Crippen molar-refractivity contribution in [2.45, 2.75) is 57.8 Å². The Morgan fingerprint density at radius 3 is 2.65 bits per heavy atom. The molecule has 0 aromatic heterocycles. The minimum atomic E-state index is -0.656. The van der Waals surface area contributed by atoms with E-state index in [2.05, 4.69) is 22.5 Å². The summed E-state index contributed by atoms with van der Waals surface area (Å²) in [5, 5.41) is 14.8. The Balaban J connectivity index is 1.52. The Labute approximate surface area is 235 Å². The summed E-state index contributed by atoms with van der Waals surface area (Å²) in [4.78, 5) is 26.4. The van der Waals surface area contributed by atoms with E-state index in [1.807, 2.05) is 42.5 Å². The van der Waals surface area contributed by atoms with Crippen LogP contribution in [0.2, 0.25) is 0 Å². The number of nitrogens with one attached hydrogen (secondary N) is 2. The maximum Gasteiger partial charge on any atom is 0.325 e. The van der Waals surface area contributed by atoms with E-state index in [4.69, 9.17) is 18.9 Å². The SMILES string of the molecule is CCOC(=O)CNC(=O)Nc1cccc(C2OC(CN3CCCC3COC)C(C)C(c3ccc(CO)cc3)O2)c1. The number of esters is 1. The number of carbonyl (C=O) groups is 2. The molecular weight excluding hydrogens is 514 g/mol. The van der Waals surface area contributed by atoms with Gasteiger partial charge in [0.25, 0.3) is 0 Å². The first-order valence-corrected chi connectivity index (χ1v) is 14.0. The van der Waals surface area contributed by atoms with Crippen molar-refractivity contribution in [3.8, 4) is 0 Å². The van der Waals surface area contributed by atoms with Gasteiger partial charge in [0, 0.05) is 36.9 Å². The number of rotatable bonds is 11. The van der Waals surface area contributed by atoms with Crippen LogP contribution >= 0.6 is 0 Å². The molecule has 0 bridgehead atoms. The predicted octanol–water partition coefficient (Wildman–Crippen LogP) is 3.77. The lowest BCUT2D eigenvalue weighted by atomic mass is 9.90. The van der Waals surface area contributed by atoms with E-state index in [0.29, 0.717) is 18.3 Å². The highest BCUT2D eigenvalue weighted by atomic mass is 16.7. The molecule has 0 spiro atoms. The quantitative estimate of drug-likeness (QED) is 0.359. The third-order valence-electron chi connectivity index (χ3n) is 7.51. The molecule has 10 heteroatoms. The highest BCUT2D eigenvalue weighted by Gasteiger charge is 2.40. The lowest BCUT2D eigenvalue weighted by Crippen LogP contribution is -2.46. The van der Waals surface area contributed by atoms with Crippen LogP contribution < -0.4 is 10.6 Å². The van der Waals surface area contributed by atoms with Crippen LogP contribution in [0.1, 0.15) is 55.8 Å². The van der Waals surface area contributed by atoms with Crippen LogP contribution in [0.4, 0.5) is 10.5 Å². The molecule has 218 valence electrons. The van der Waals surface area contributed by atoms with Gasteiger partial charge in [0.15, 0.2) is 6.29 Å². The second kappa shape index (κ2) is 14.6. The number of ether oxygens (including phenoxy) is 4. The van der Waals surface area contributed by atoms with E-state index in [9.17, 15) is 14.7 Å². The van der Waals surface area contributed by atoms with Crippen LogP contribution in [0.3, 0.4) is 0 Å². The normalized spacial score (nSPS) is 24.9. The number of benzene rings is 2. The first-order chi connectivity index (χ1) is 19.4. The van der Waals surface area contributed by atoms with Crippen LogP contribution in [0.25, 0.3) is 0 Å². The summed E-state index contributed by atoms with van der Waals surface area (Å²) < 4.78 is 23.5. The number of amides is 2. The van der Waals surface area contributed by atoms with E-state index in [0.717, 1.165) is 42.6 Å². The summed E-state index contributed by atoms with van der Waals surface area (Å²) in [6, 6.07) is 15.0. The summed E-state index contributed by atoms with van der Waals surface area (Å²) in [7, 11) is 1.74. The lowest BCUT2D eigenvalue weighted by molar-refractivity contribution is -0.276.